The number of nitrogens with one attached hydrogen (secondary N) is 1. The van der Waals surface area contributed by atoms with Gasteiger partial charge in [0.25, 0.3) is 11.4 Å². The van der Waals surface area contributed by atoms with E-state index in [9.17, 15) is 20.2 Å². The highest BCUT2D eigenvalue weighted by molar-refractivity contribution is 5.61. The third-order valence-electron chi connectivity index (χ3n) is 3.27. The maximum atomic E-state index is 10.5. The summed E-state index contributed by atoms with van der Waals surface area (Å²) >= 11 is 0. The van der Waals surface area contributed by atoms with E-state index in [1.54, 1.807) is 24.3 Å². The van der Waals surface area contributed by atoms with Gasteiger partial charge < -0.3 is 21.3 Å². The smallest absolute Gasteiger partial charge is 0.292 e. The van der Waals surface area contributed by atoms with Crippen molar-refractivity contribution in [1.82, 2.24) is 0 Å². The summed E-state index contributed by atoms with van der Waals surface area (Å²) in [4.78, 5) is 20.0. The van der Waals surface area contributed by atoms with E-state index in [1.165, 1.54) is 18.2 Å². The number of benzene rings is 2. The SMILES string of the molecule is Nc1cccc([N+](=O)[O-])c1CCO.O=[N+]([O-])c1ccccc1NCCO. The fourth-order valence-corrected chi connectivity index (χ4v) is 2.12. The molecule has 2 rings (SSSR count). The number of aliphatic hydroxyl groups excluding tert-OH is 2. The van der Waals surface area contributed by atoms with Gasteiger partial charge in [0, 0.05) is 37.4 Å². The molecule has 0 spiro atoms. The van der Waals surface area contributed by atoms with E-state index in [0.29, 0.717) is 23.5 Å². The standard InChI is InChI=1S/2C8H10N2O3/c9-7-2-1-3-8(10(12)13)6(7)4-5-11;11-6-5-9-7-3-1-2-4-8(7)10(12)13/h1-3,11H,4-5,9H2;1-4,9,11H,5-6H2. The van der Waals surface area contributed by atoms with Gasteiger partial charge in [-0.3, -0.25) is 20.2 Å². The Hall–Kier alpha value is -3.24. The van der Waals surface area contributed by atoms with E-state index in [4.69, 9.17) is 15.9 Å². The number of nitro groups is 2. The molecule has 0 saturated carbocycles. The number of nitrogen functional groups attached to an aromatic ring is 1. The predicted molar refractivity (Wildman–Crippen MR) is 97.0 cm³/mol. The van der Waals surface area contributed by atoms with Crippen LogP contribution in [0.25, 0.3) is 0 Å². The molecular weight excluding hydrogens is 344 g/mol. The molecule has 5 N–H and O–H groups in total. The van der Waals surface area contributed by atoms with Gasteiger partial charge in [0.1, 0.15) is 5.69 Å². The number of anilines is 2. The van der Waals surface area contributed by atoms with E-state index in [-0.39, 0.29) is 31.0 Å². The molecule has 0 aliphatic rings. The zero-order valence-corrected chi connectivity index (χ0v) is 13.9. The summed E-state index contributed by atoms with van der Waals surface area (Å²) in [6.07, 6.45) is 0.211. The minimum atomic E-state index is -0.499. The summed E-state index contributed by atoms with van der Waals surface area (Å²) in [6.45, 7) is 0.117. The highest BCUT2D eigenvalue weighted by Crippen LogP contribution is 2.24. The highest BCUT2D eigenvalue weighted by Gasteiger charge is 2.14. The molecule has 0 amide bonds. The molecule has 2 aromatic rings. The summed E-state index contributed by atoms with van der Waals surface area (Å²) in [6, 6.07) is 10.8. The van der Waals surface area contributed by atoms with Crippen LogP contribution in [0, 0.1) is 20.2 Å². The summed E-state index contributed by atoms with van der Waals surface area (Å²) in [5.41, 5.74) is 6.70. The average Bonchev–Trinajstić information content (AvgIpc) is 2.62. The zero-order valence-electron chi connectivity index (χ0n) is 13.9. The number of nitrogens with zero attached hydrogens (tertiary/aromatic N) is 2. The number of hydrogen-bond donors (Lipinski definition) is 4. The largest absolute Gasteiger partial charge is 0.398 e. The van der Waals surface area contributed by atoms with Gasteiger partial charge in [-0.25, -0.2) is 0 Å². The third-order valence-corrected chi connectivity index (χ3v) is 3.27. The van der Waals surface area contributed by atoms with Crippen LogP contribution in [0.5, 0.6) is 0 Å². The summed E-state index contributed by atoms with van der Waals surface area (Å²) in [5, 5.41) is 41.0. The highest BCUT2D eigenvalue weighted by atomic mass is 16.6. The van der Waals surface area contributed by atoms with Crippen LogP contribution in [0.1, 0.15) is 5.56 Å². The Labute approximate surface area is 149 Å². The van der Waals surface area contributed by atoms with Crippen LogP contribution in [0.4, 0.5) is 22.7 Å². The van der Waals surface area contributed by atoms with Crippen LogP contribution in [-0.4, -0.2) is 39.8 Å². The first-order chi connectivity index (χ1) is 12.4. The van der Waals surface area contributed by atoms with Crippen LogP contribution >= 0.6 is 0 Å². The van der Waals surface area contributed by atoms with E-state index in [2.05, 4.69) is 5.32 Å². The van der Waals surface area contributed by atoms with E-state index >= 15 is 0 Å². The van der Waals surface area contributed by atoms with Gasteiger partial charge >= 0.3 is 0 Å². The van der Waals surface area contributed by atoms with Crippen molar-refractivity contribution in [2.45, 2.75) is 6.42 Å². The van der Waals surface area contributed by atoms with Crippen molar-refractivity contribution in [2.75, 3.05) is 30.8 Å². The van der Waals surface area contributed by atoms with Gasteiger partial charge in [0.15, 0.2) is 0 Å². The van der Waals surface area contributed by atoms with Gasteiger partial charge in [-0.15, -0.1) is 0 Å². The summed E-state index contributed by atoms with van der Waals surface area (Å²) in [7, 11) is 0. The summed E-state index contributed by atoms with van der Waals surface area (Å²) in [5.74, 6) is 0. The second-order valence-corrected chi connectivity index (χ2v) is 5.00. The van der Waals surface area contributed by atoms with Crippen molar-refractivity contribution in [3.63, 3.8) is 0 Å². The average molecular weight is 364 g/mol. The minimum absolute atomic E-state index is 0.0240. The van der Waals surface area contributed by atoms with Gasteiger partial charge in [-0.05, 0) is 12.1 Å². The van der Waals surface area contributed by atoms with Crippen molar-refractivity contribution in [3.05, 3.63) is 68.3 Å². The topological polar surface area (TPSA) is 165 Å². The molecule has 0 saturated heterocycles. The molecule has 140 valence electrons. The van der Waals surface area contributed by atoms with Crippen molar-refractivity contribution in [3.8, 4) is 0 Å². The molecule has 10 heteroatoms. The second-order valence-electron chi connectivity index (χ2n) is 5.00. The molecule has 0 aliphatic heterocycles. The second kappa shape index (κ2) is 10.6. The number of nitro benzene ring substituents is 2. The van der Waals surface area contributed by atoms with Crippen LogP contribution in [0.2, 0.25) is 0 Å². The summed E-state index contributed by atoms with van der Waals surface area (Å²) < 4.78 is 0. The maximum absolute atomic E-state index is 10.5. The lowest BCUT2D eigenvalue weighted by Crippen LogP contribution is -2.07. The van der Waals surface area contributed by atoms with Gasteiger partial charge in [-0.2, -0.15) is 0 Å². The predicted octanol–water partition coefficient (Wildman–Crippen LogP) is 1.71. The number of para-hydroxylation sites is 2. The first-order valence-corrected chi connectivity index (χ1v) is 7.63. The number of nitrogens with two attached hydrogens (primary N) is 1. The van der Waals surface area contributed by atoms with Crippen LogP contribution in [0.15, 0.2) is 42.5 Å². The molecule has 0 heterocycles. The van der Waals surface area contributed by atoms with Crippen LogP contribution in [-0.2, 0) is 6.42 Å². The van der Waals surface area contributed by atoms with E-state index in [0.717, 1.165) is 0 Å². The van der Waals surface area contributed by atoms with Crippen molar-refractivity contribution >= 4 is 22.7 Å². The van der Waals surface area contributed by atoms with Crippen LogP contribution in [0.3, 0.4) is 0 Å². The molecule has 0 fully saturated rings. The quantitative estimate of drug-likeness (QED) is 0.327. The normalized spacial score (nSPS) is 9.77. The lowest BCUT2D eigenvalue weighted by molar-refractivity contribution is -0.385. The van der Waals surface area contributed by atoms with Crippen molar-refractivity contribution in [1.29, 1.82) is 0 Å². The molecule has 0 aliphatic carbocycles. The molecule has 0 bridgehead atoms. The molecule has 0 unspecified atom stereocenters. The number of rotatable bonds is 7. The Morgan fingerprint density at radius 3 is 2.12 bits per heavy atom. The van der Waals surface area contributed by atoms with Crippen molar-refractivity contribution < 1.29 is 20.1 Å². The van der Waals surface area contributed by atoms with Gasteiger partial charge in [0.05, 0.1) is 22.0 Å². The number of hydrogen-bond acceptors (Lipinski definition) is 8. The van der Waals surface area contributed by atoms with E-state index in [1.807, 2.05) is 0 Å². The first kappa shape index (κ1) is 20.8. The molecule has 10 nitrogen and oxygen atoms in total. The lowest BCUT2D eigenvalue weighted by atomic mass is 10.1. The van der Waals surface area contributed by atoms with Gasteiger partial charge in [0.2, 0.25) is 0 Å². The molecule has 0 aromatic heterocycles. The Kier molecular flexibility index (Phi) is 8.47. The monoisotopic (exact) mass is 364 g/mol. The molecule has 0 radical (unpaired) electrons. The Balaban J connectivity index is 0.000000260. The molecular formula is C16H20N4O6. The lowest BCUT2D eigenvalue weighted by Gasteiger charge is -2.03. The molecule has 2 aromatic carbocycles. The Bertz CT molecular complexity index is 753. The maximum Gasteiger partial charge on any atom is 0.292 e. The van der Waals surface area contributed by atoms with Gasteiger partial charge in [-0.1, -0.05) is 18.2 Å². The van der Waals surface area contributed by atoms with Crippen molar-refractivity contribution in [2.24, 2.45) is 0 Å². The minimum Gasteiger partial charge on any atom is -0.398 e. The number of aliphatic hydroxyl groups is 2. The first-order valence-electron chi connectivity index (χ1n) is 7.63. The van der Waals surface area contributed by atoms with E-state index < -0.39 is 9.85 Å². The molecule has 26 heavy (non-hydrogen) atoms. The zero-order chi connectivity index (χ0) is 19.5. The fraction of sp³-hybridized carbons (Fsp3) is 0.250. The third kappa shape index (κ3) is 6.00. The van der Waals surface area contributed by atoms with Crippen LogP contribution < -0.4 is 11.1 Å². The fourth-order valence-electron chi connectivity index (χ4n) is 2.12. The Morgan fingerprint density at radius 1 is 0.923 bits per heavy atom. The molecule has 0 atom stereocenters. The Morgan fingerprint density at radius 2 is 1.54 bits per heavy atom.